The molecular formula is C17H27NO3. The predicted molar refractivity (Wildman–Crippen MR) is 84.6 cm³/mol. The Morgan fingerprint density at radius 1 is 1.38 bits per heavy atom. The molecule has 118 valence electrons. The summed E-state index contributed by atoms with van der Waals surface area (Å²) < 4.78 is 5.60. The number of aliphatic hydroxyl groups excluding tert-OH is 2. The van der Waals surface area contributed by atoms with E-state index in [1.54, 1.807) is 0 Å². The van der Waals surface area contributed by atoms with E-state index in [1.807, 2.05) is 12.1 Å². The van der Waals surface area contributed by atoms with Gasteiger partial charge in [0, 0.05) is 18.9 Å². The van der Waals surface area contributed by atoms with Crippen LogP contribution in [0.3, 0.4) is 0 Å². The highest BCUT2D eigenvalue weighted by atomic mass is 16.5. The van der Waals surface area contributed by atoms with Crippen LogP contribution >= 0.6 is 0 Å². The van der Waals surface area contributed by atoms with Gasteiger partial charge in [0.05, 0.1) is 18.2 Å². The van der Waals surface area contributed by atoms with E-state index in [2.05, 4.69) is 25.2 Å². The molecule has 1 aromatic carbocycles. The van der Waals surface area contributed by atoms with Crippen LogP contribution in [0.15, 0.2) is 18.2 Å². The Kier molecular flexibility index (Phi) is 5.62. The van der Waals surface area contributed by atoms with E-state index in [4.69, 9.17) is 9.84 Å². The SMILES string of the molecule is CC(C)(COCCCO)Nc1cccc2c1CCCC2O. The summed E-state index contributed by atoms with van der Waals surface area (Å²) in [7, 11) is 0. The third-order valence-corrected chi connectivity index (χ3v) is 3.86. The summed E-state index contributed by atoms with van der Waals surface area (Å²) in [6.45, 7) is 5.53. The highest BCUT2D eigenvalue weighted by Crippen LogP contribution is 2.35. The standard InChI is InChI=1S/C17H27NO3/c1-17(2,12-21-11-5-10-19)18-15-8-3-7-14-13(15)6-4-9-16(14)20/h3,7-8,16,18-20H,4-6,9-12H2,1-2H3. The first-order valence-electron chi connectivity index (χ1n) is 7.80. The molecule has 0 heterocycles. The lowest BCUT2D eigenvalue weighted by atomic mass is 9.88. The summed E-state index contributed by atoms with van der Waals surface area (Å²) in [5, 5.41) is 22.4. The molecule has 0 fully saturated rings. The molecule has 4 heteroatoms. The second kappa shape index (κ2) is 7.25. The van der Waals surface area contributed by atoms with Crippen LogP contribution < -0.4 is 5.32 Å². The minimum absolute atomic E-state index is 0.165. The molecule has 21 heavy (non-hydrogen) atoms. The van der Waals surface area contributed by atoms with Gasteiger partial charge in [-0.1, -0.05) is 12.1 Å². The molecule has 0 saturated carbocycles. The highest BCUT2D eigenvalue weighted by molar-refractivity contribution is 5.57. The van der Waals surface area contributed by atoms with Crippen molar-refractivity contribution in [3.63, 3.8) is 0 Å². The number of hydrogen-bond donors (Lipinski definition) is 3. The minimum Gasteiger partial charge on any atom is -0.396 e. The number of hydrogen-bond acceptors (Lipinski definition) is 4. The number of aliphatic hydroxyl groups is 2. The van der Waals surface area contributed by atoms with E-state index < -0.39 is 0 Å². The quantitative estimate of drug-likeness (QED) is 0.676. The van der Waals surface area contributed by atoms with E-state index in [0.717, 1.165) is 30.5 Å². The van der Waals surface area contributed by atoms with Crippen LogP contribution in [0.4, 0.5) is 5.69 Å². The van der Waals surface area contributed by atoms with Gasteiger partial charge >= 0.3 is 0 Å². The van der Waals surface area contributed by atoms with Crippen molar-refractivity contribution in [1.82, 2.24) is 0 Å². The van der Waals surface area contributed by atoms with Crippen LogP contribution in [-0.4, -0.2) is 35.6 Å². The second-order valence-electron chi connectivity index (χ2n) is 6.42. The lowest BCUT2D eigenvalue weighted by Gasteiger charge is -2.31. The van der Waals surface area contributed by atoms with Crippen LogP contribution in [-0.2, 0) is 11.2 Å². The zero-order chi connectivity index (χ0) is 15.3. The zero-order valence-electron chi connectivity index (χ0n) is 13.1. The summed E-state index contributed by atoms with van der Waals surface area (Å²) in [6, 6.07) is 6.10. The second-order valence-corrected chi connectivity index (χ2v) is 6.42. The molecule has 2 rings (SSSR count). The van der Waals surface area contributed by atoms with Gasteiger partial charge in [0.1, 0.15) is 0 Å². The number of benzene rings is 1. The van der Waals surface area contributed by atoms with Crippen LogP contribution in [0, 0.1) is 0 Å². The summed E-state index contributed by atoms with van der Waals surface area (Å²) in [4.78, 5) is 0. The van der Waals surface area contributed by atoms with Gasteiger partial charge in [0.25, 0.3) is 0 Å². The molecular weight excluding hydrogens is 266 g/mol. The van der Waals surface area contributed by atoms with Gasteiger partial charge in [0.15, 0.2) is 0 Å². The molecule has 0 aliphatic heterocycles. The number of ether oxygens (including phenoxy) is 1. The van der Waals surface area contributed by atoms with Crippen LogP contribution in [0.1, 0.15) is 50.3 Å². The summed E-state index contributed by atoms with van der Waals surface area (Å²) in [5.41, 5.74) is 3.21. The van der Waals surface area contributed by atoms with Crippen LogP contribution in [0.25, 0.3) is 0 Å². The first-order valence-corrected chi connectivity index (χ1v) is 7.80. The summed E-state index contributed by atoms with van der Waals surface area (Å²) in [5.74, 6) is 0. The highest BCUT2D eigenvalue weighted by Gasteiger charge is 2.24. The van der Waals surface area contributed by atoms with E-state index in [1.165, 1.54) is 5.56 Å². The van der Waals surface area contributed by atoms with Gasteiger partial charge in [-0.25, -0.2) is 0 Å². The molecule has 1 aliphatic carbocycles. The first kappa shape index (κ1) is 16.3. The number of anilines is 1. The predicted octanol–water partition coefficient (Wildman–Crippen LogP) is 2.65. The maximum atomic E-state index is 10.1. The number of nitrogens with one attached hydrogen (secondary N) is 1. The Bertz CT molecular complexity index is 459. The molecule has 0 amide bonds. The molecule has 1 aliphatic rings. The Balaban J connectivity index is 2.03. The minimum atomic E-state index is -0.334. The molecule has 1 aromatic rings. The molecule has 1 unspecified atom stereocenters. The normalized spacial score (nSPS) is 18.4. The van der Waals surface area contributed by atoms with Gasteiger partial charge in [-0.3, -0.25) is 0 Å². The molecule has 0 spiro atoms. The molecule has 0 radical (unpaired) electrons. The average Bonchev–Trinajstić information content (AvgIpc) is 2.45. The molecule has 0 aromatic heterocycles. The monoisotopic (exact) mass is 293 g/mol. The molecule has 0 bridgehead atoms. The average molecular weight is 293 g/mol. The number of rotatable bonds is 7. The van der Waals surface area contributed by atoms with Gasteiger partial charge in [-0.2, -0.15) is 0 Å². The molecule has 4 nitrogen and oxygen atoms in total. The van der Waals surface area contributed by atoms with Crippen molar-refractivity contribution in [2.45, 2.75) is 51.2 Å². The molecule has 0 saturated heterocycles. The Labute approximate surface area is 127 Å². The first-order chi connectivity index (χ1) is 10.0. The molecule has 3 N–H and O–H groups in total. The summed E-state index contributed by atoms with van der Waals surface area (Å²) >= 11 is 0. The fraction of sp³-hybridized carbons (Fsp3) is 0.647. The third kappa shape index (κ3) is 4.43. The smallest absolute Gasteiger partial charge is 0.0793 e. The number of fused-ring (bicyclic) bond motifs is 1. The summed E-state index contributed by atoms with van der Waals surface area (Å²) in [6.07, 6.45) is 3.23. The van der Waals surface area contributed by atoms with E-state index in [9.17, 15) is 5.11 Å². The van der Waals surface area contributed by atoms with Gasteiger partial charge in [0.2, 0.25) is 0 Å². The van der Waals surface area contributed by atoms with Crippen molar-refractivity contribution < 1.29 is 14.9 Å². The van der Waals surface area contributed by atoms with Gasteiger partial charge < -0.3 is 20.3 Å². The fourth-order valence-electron chi connectivity index (χ4n) is 2.84. The van der Waals surface area contributed by atoms with Crippen molar-refractivity contribution in [3.8, 4) is 0 Å². The maximum Gasteiger partial charge on any atom is 0.0793 e. The van der Waals surface area contributed by atoms with E-state index in [-0.39, 0.29) is 18.2 Å². The van der Waals surface area contributed by atoms with Gasteiger partial charge in [-0.15, -0.1) is 0 Å². The lowest BCUT2D eigenvalue weighted by molar-refractivity contribution is 0.0903. The molecule has 1 atom stereocenters. The largest absolute Gasteiger partial charge is 0.396 e. The zero-order valence-corrected chi connectivity index (χ0v) is 13.1. The van der Waals surface area contributed by atoms with Crippen molar-refractivity contribution in [2.75, 3.05) is 25.1 Å². The van der Waals surface area contributed by atoms with Crippen molar-refractivity contribution in [3.05, 3.63) is 29.3 Å². The van der Waals surface area contributed by atoms with Gasteiger partial charge in [-0.05, 0) is 56.7 Å². The fourth-order valence-corrected chi connectivity index (χ4v) is 2.84. The van der Waals surface area contributed by atoms with Crippen LogP contribution in [0.2, 0.25) is 0 Å². The Morgan fingerprint density at radius 3 is 2.95 bits per heavy atom. The Morgan fingerprint density at radius 2 is 2.19 bits per heavy atom. The van der Waals surface area contributed by atoms with Crippen molar-refractivity contribution in [2.24, 2.45) is 0 Å². The van der Waals surface area contributed by atoms with E-state index >= 15 is 0 Å². The maximum absolute atomic E-state index is 10.1. The van der Waals surface area contributed by atoms with Crippen molar-refractivity contribution >= 4 is 5.69 Å². The van der Waals surface area contributed by atoms with E-state index in [0.29, 0.717) is 19.6 Å². The third-order valence-electron chi connectivity index (χ3n) is 3.86. The Hall–Kier alpha value is -1.10. The van der Waals surface area contributed by atoms with Crippen LogP contribution in [0.5, 0.6) is 0 Å². The van der Waals surface area contributed by atoms with Crippen molar-refractivity contribution in [1.29, 1.82) is 0 Å². The topological polar surface area (TPSA) is 61.7 Å². The lowest BCUT2D eigenvalue weighted by Crippen LogP contribution is -2.37.